The Kier molecular flexibility index (Phi) is 4.52. The minimum absolute atomic E-state index is 0.146. The molecule has 0 spiro atoms. The standard InChI is InChI=1S/C15H5F5N4O2/c16-8-9(17)11(19)13(12(20)10(8)18)26-15(25)7-3-1-6(2-4-7)14-23-21-5-22-24-14/h1-5H. The van der Waals surface area contributed by atoms with Gasteiger partial charge in [-0.3, -0.25) is 0 Å². The maximum Gasteiger partial charge on any atom is 0.343 e. The fourth-order valence-electron chi connectivity index (χ4n) is 1.90. The molecule has 0 aliphatic heterocycles. The van der Waals surface area contributed by atoms with Gasteiger partial charge in [0.05, 0.1) is 5.56 Å². The lowest BCUT2D eigenvalue weighted by molar-refractivity contribution is 0.0716. The van der Waals surface area contributed by atoms with Crippen molar-refractivity contribution in [2.75, 3.05) is 0 Å². The molecule has 1 heterocycles. The van der Waals surface area contributed by atoms with Crippen LogP contribution in [-0.2, 0) is 0 Å². The lowest BCUT2D eigenvalue weighted by atomic mass is 10.1. The lowest BCUT2D eigenvalue weighted by Gasteiger charge is -2.09. The van der Waals surface area contributed by atoms with Gasteiger partial charge in [0, 0.05) is 5.56 Å². The number of hydrogen-bond donors (Lipinski definition) is 0. The molecule has 1 aromatic heterocycles. The van der Waals surface area contributed by atoms with E-state index in [2.05, 4.69) is 25.1 Å². The van der Waals surface area contributed by atoms with Crippen LogP contribution in [0.25, 0.3) is 11.4 Å². The zero-order valence-electron chi connectivity index (χ0n) is 12.4. The maximum absolute atomic E-state index is 13.5. The molecule has 0 radical (unpaired) electrons. The van der Waals surface area contributed by atoms with Crippen LogP contribution in [0.2, 0.25) is 0 Å². The van der Waals surface area contributed by atoms with E-state index in [0.717, 1.165) is 6.33 Å². The third-order valence-electron chi connectivity index (χ3n) is 3.15. The zero-order valence-corrected chi connectivity index (χ0v) is 12.4. The van der Waals surface area contributed by atoms with Crippen molar-refractivity contribution >= 4 is 5.97 Å². The highest BCUT2D eigenvalue weighted by Gasteiger charge is 2.28. The number of nitrogens with zero attached hydrogens (tertiary/aromatic N) is 4. The van der Waals surface area contributed by atoms with E-state index >= 15 is 0 Å². The van der Waals surface area contributed by atoms with Gasteiger partial charge in [-0.05, 0) is 12.1 Å². The Morgan fingerprint density at radius 1 is 0.769 bits per heavy atom. The Morgan fingerprint density at radius 3 is 1.81 bits per heavy atom. The summed E-state index contributed by atoms with van der Waals surface area (Å²) in [4.78, 5) is 11.9. The molecule has 0 bridgehead atoms. The predicted molar refractivity (Wildman–Crippen MR) is 74.2 cm³/mol. The Morgan fingerprint density at radius 2 is 1.27 bits per heavy atom. The summed E-state index contributed by atoms with van der Waals surface area (Å²) in [5, 5.41) is 14.4. The van der Waals surface area contributed by atoms with E-state index in [1.807, 2.05) is 0 Å². The van der Waals surface area contributed by atoms with Crippen molar-refractivity contribution in [2.24, 2.45) is 0 Å². The summed E-state index contributed by atoms with van der Waals surface area (Å²) in [6.07, 6.45) is 1.11. The van der Waals surface area contributed by atoms with Crippen molar-refractivity contribution in [3.63, 3.8) is 0 Å². The van der Waals surface area contributed by atoms with Gasteiger partial charge < -0.3 is 4.74 Å². The topological polar surface area (TPSA) is 77.9 Å². The second kappa shape index (κ2) is 6.78. The van der Waals surface area contributed by atoms with E-state index in [1.54, 1.807) is 0 Å². The Bertz CT molecular complexity index is 955. The highest BCUT2D eigenvalue weighted by atomic mass is 19.2. The van der Waals surface area contributed by atoms with E-state index in [9.17, 15) is 26.7 Å². The molecule has 0 saturated carbocycles. The Hall–Kier alpha value is -3.50. The van der Waals surface area contributed by atoms with E-state index < -0.39 is 40.8 Å². The monoisotopic (exact) mass is 368 g/mol. The summed E-state index contributed by atoms with van der Waals surface area (Å²) < 4.78 is 70.6. The molecule has 0 N–H and O–H groups in total. The number of halogens is 5. The molecule has 0 atom stereocenters. The van der Waals surface area contributed by atoms with Crippen LogP contribution < -0.4 is 4.74 Å². The molecule has 3 rings (SSSR count). The van der Waals surface area contributed by atoms with E-state index in [-0.39, 0.29) is 11.4 Å². The number of carbonyl (C=O) groups excluding carboxylic acids is 1. The van der Waals surface area contributed by atoms with Crippen LogP contribution in [0.4, 0.5) is 22.0 Å². The van der Waals surface area contributed by atoms with Crippen molar-refractivity contribution in [1.29, 1.82) is 0 Å². The number of esters is 1. The molecule has 0 unspecified atom stereocenters. The van der Waals surface area contributed by atoms with Gasteiger partial charge in [0.2, 0.25) is 40.7 Å². The molecule has 3 aromatic rings. The van der Waals surface area contributed by atoms with Crippen LogP contribution in [0.5, 0.6) is 5.75 Å². The van der Waals surface area contributed by atoms with Gasteiger partial charge in [-0.25, -0.2) is 18.0 Å². The van der Waals surface area contributed by atoms with Crippen LogP contribution in [0.1, 0.15) is 10.4 Å². The summed E-state index contributed by atoms with van der Waals surface area (Å²) in [6.45, 7) is 0. The van der Waals surface area contributed by atoms with Crippen molar-refractivity contribution in [3.8, 4) is 17.1 Å². The van der Waals surface area contributed by atoms with E-state index in [4.69, 9.17) is 0 Å². The average molecular weight is 368 g/mol. The number of aromatic nitrogens is 4. The van der Waals surface area contributed by atoms with Crippen LogP contribution >= 0.6 is 0 Å². The second-order valence-corrected chi connectivity index (χ2v) is 4.74. The third kappa shape index (κ3) is 3.06. The SMILES string of the molecule is O=C(Oc1c(F)c(F)c(F)c(F)c1F)c1ccc(-c2nncnn2)cc1. The normalized spacial score (nSPS) is 10.7. The average Bonchev–Trinajstić information content (AvgIpc) is 2.69. The molecule has 132 valence electrons. The smallest absolute Gasteiger partial charge is 0.343 e. The van der Waals surface area contributed by atoms with E-state index in [1.165, 1.54) is 24.3 Å². The molecular weight excluding hydrogens is 363 g/mol. The molecular formula is C15H5F5N4O2. The van der Waals surface area contributed by atoms with Crippen molar-refractivity contribution in [2.45, 2.75) is 0 Å². The largest absolute Gasteiger partial charge is 0.416 e. The highest BCUT2D eigenvalue weighted by Crippen LogP contribution is 2.29. The molecule has 26 heavy (non-hydrogen) atoms. The Labute approximate surface area is 141 Å². The van der Waals surface area contributed by atoms with Gasteiger partial charge in [-0.1, -0.05) is 12.1 Å². The first-order valence-electron chi connectivity index (χ1n) is 6.74. The van der Waals surface area contributed by atoms with Crippen molar-refractivity contribution < 1.29 is 31.5 Å². The van der Waals surface area contributed by atoms with Crippen LogP contribution in [0.3, 0.4) is 0 Å². The fourth-order valence-corrected chi connectivity index (χ4v) is 1.90. The van der Waals surface area contributed by atoms with Gasteiger partial charge in [-0.2, -0.15) is 8.78 Å². The maximum atomic E-state index is 13.5. The minimum atomic E-state index is -2.35. The number of hydrogen-bond acceptors (Lipinski definition) is 6. The van der Waals surface area contributed by atoms with Gasteiger partial charge in [0.25, 0.3) is 0 Å². The number of ether oxygens (including phenoxy) is 1. The van der Waals surface area contributed by atoms with Crippen LogP contribution in [-0.4, -0.2) is 26.4 Å². The lowest BCUT2D eigenvalue weighted by Crippen LogP contribution is -2.13. The van der Waals surface area contributed by atoms with Crippen LogP contribution in [0, 0.1) is 29.1 Å². The van der Waals surface area contributed by atoms with Gasteiger partial charge in [-0.15, -0.1) is 20.4 Å². The summed E-state index contributed by atoms with van der Waals surface area (Å²) in [5.74, 6) is -14.2. The first-order chi connectivity index (χ1) is 12.4. The van der Waals surface area contributed by atoms with Gasteiger partial charge in [0.1, 0.15) is 0 Å². The molecule has 2 aromatic carbocycles. The fraction of sp³-hybridized carbons (Fsp3) is 0. The summed E-state index contributed by atoms with van der Waals surface area (Å²) in [7, 11) is 0. The molecule has 11 heteroatoms. The first-order valence-corrected chi connectivity index (χ1v) is 6.74. The summed E-state index contributed by atoms with van der Waals surface area (Å²) >= 11 is 0. The molecule has 6 nitrogen and oxygen atoms in total. The number of benzene rings is 2. The molecule has 0 aliphatic carbocycles. The van der Waals surface area contributed by atoms with Crippen molar-refractivity contribution in [1.82, 2.24) is 20.4 Å². The first kappa shape index (κ1) is 17.3. The second-order valence-electron chi connectivity index (χ2n) is 4.74. The van der Waals surface area contributed by atoms with Crippen molar-refractivity contribution in [3.05, 3.63) is 65.2 Å². The highest BCUT2D eigenvalue weighted by molar-refractivity contribution is 5.91. The molecule has 0 saturated heterocycles. The zero-order chi connectivity index (χ0) is 18.8. The molecule has 0 aliphatic rings. The number of carbonyl (C=O) groups is 1. The Balaban J connectivity index is 1.88. The quantitative estimate of drug-likeness (QED) is 0.233. The summed E-state index contributed by atoms with van der Waals surface area (Å²) in [6, 6.07) is 5.07. The third-order valence-corrected chi connectivity index (χ3v) is 3.15. The molecule has 0 fully saturated rings. The minimum Gasteiger partial charge on any atom is -0.416 e. The number of rotatable bonds is 3. The van der Waals surface area contributed by atoms with E-state index in [0.29, 0.717) is 5.56 Å². The summed E-state index contributed by atoms with van der Waals surface area (Å²) in [5.41, 5.74) is 0.202. The van der Waals surface area contributed by atoms with Crippen LogP contribution in [0.15, 0.2) is 30.6 Å². The van der Waals surface area contributed by atoms with Gasteiger partial charge >= 0.3 is 5.97 Å². The molecule has 0 amide bonds. The predicted octanol–water partition coefficient (Wildman–Crippen LogP) is 2.85. The van der Waals surface area contributed by atoms with Gasteiger partial charge in [0.15, 0.2) is 6.33 Å².